The molecule has 4 N–H and O–H groups in total. The summed E-state index contributed by atoms with van der Waals surface area (Å²) in [5, 5.41) is 10.8. The Morgan fingerprint density at radius 3 is 2.37 bits per heavy atom. The summed E-state index contributed by atoms with van der Waals surface area (Å²) in [6.45, 7) is 1.11. The van der Waals surface area contributed by atoms with E-state index in [1.54, 1.807) is 31.2 Å². The summed E-state index contributed by atoms with van der Waals surface area (Å²) in [5.74, 6) is -0.280. The Balaban J connectivity index is 3.10. The van der Waals surface area contributed by atoms with Gasteiger partial charge in [0.1, 0.15) is 16.0 Å². The van der Waals surface area contributed by atoms with Gasteiger partial charge in [-0.25, -0.2) is 8.42 Å². The smallest absolute Gasteiger partial charge is 0.220 e. The number of benzene rings is 1. The van der Waals surface area contributed by atoms with E-state index in [1.165, 1.54) is 0 Å². The van der Waals surface area contributed by atoms with Crippen LogP contribution in [0.25, 0.3) is 0 Å². The van der Waals surface area contributed by atoms with E-state index in [-0.39, 0.29) is 12.3 Å². The number of rotatable bonds is 6. The van der Waals surface area contributed by atoms with E-state index in [0.29, 0.717) is 11.3 Å². The predicted octanol–water partition coefficient (Wildman–Crippen LogP) is -0.192. The number of nitrogen functional groups attached to an aromatic ring is 1. The van der Waals surface area contributed by atoms with Crippen LogP contribution in [-0.4, -0.2) is 31.3 Å². The highest BCUT2D eigenvalue weighted by molar-refractivity contribution is 7.73. The number of carbonyl (C=O) groups is 1. The van der Waals surface area contributed by atoms with Crippen LogP contribution in [0.5, 0.6) is 0 Å². The molecule has 0 aliphatic carbocycles. The van der Waals surface area contributed by atoms with Gasteiger partial charge in [-0.1, -0.05) is 19.1 Å². The van der Waals surface area contributed by atoms with Gasteiger partial charge < -0.3 is 16.2 Å². The Labute approximate surface area is 113 Å². The van der Waals surface area contributed by atoms with Crippen molar-refractivity contribution in [3.05, 3.63) is 29.8 Å². The van der Waals surface area contributed by atoms with E-state index in [0.717, 1.165) is 0 Å². The van der Waals surface area contributed by atoms with Crippen molar-refractivity contribution in [2.24, 2.45) is 0 Å². The zero-order chi connectivity index (χ0) is 14.4. The second-order valence-electron chi connectivity index (χ2n) is 4.10. The van der Waals surface area contributed by atoms with E-state index in [4.69, 9.17) is 5.73 Å². The fraction of sp³-hybridized carbons (Fsp3) is 0.417. The lowest BCUT2D eigenvalue weighted by molar-refractivity contribution is -0.121. The molecule has 0 bridgehead atoms. The van der Waals surface area contributed by atoms with E-state index >= 15 is 0 Å². The third-order valence-electron chi connectivity index (χ3n) is 2.78. The summed E-state index contributed by atoms with van der Waals surface area (Å²) < 4.78 is 22.4. The molecule has 1 amide bonds. The molecule has 106 valence electrons. The molecule has 1 rings (SSSR count). The minimum Gasteiger partial charge on any atom is -0.399 e. The Morgan fingerprint density at radius 2 is 1.95 bits per heavy atom. The number of thiol groups is 1. The first-order chi connectivity index (χ1) is 8.99. The first kappa shape index (κ1) is 15.5. The van der Waals surface area contributed by atoms with Gasteiger partial charge in [0.05, 0.1) is 12.6 Å². The number of amides is 1. The molecule has 0 aliphatic heterocycles. The monoisotopic (exact) mass is 286 g/mol. The van der Waals surface area contributed by atoms with Crippen LogP contribution in [0.2, 0.25) is 0 Å². The van der Waals surface area contributed by atoms with E-state index in [1.807, 2.05) is 0 Å². The van der Waals surface area contributed by atoms with E-state index in [9.17, 15) is 18.3 Å². The summed E-state index contributed by atoms with van der Waals surface area (Å²) in [5.41, 5.74) is 6.70. The van der Waals surface area contributed by atoms with Crippen LogP contribution in [0.3, 0.4) is 0 Å². The molecular weight excluding hydrogens is 268 g/mol. The topological polar surface area (TPSA) is 109 Å². The zero-order valence-electron chi connectivity index (χ0n) is 10.6. The minimum atomic E-state index is -2.87. The molecule has 0 spiro atoms. The average Bonchev–Trinajstić information content (AvgIpc) is 2.38. The second-order valence-corrected chi connectivity index (χ2v) is 5.33. The van der Waals surface area contributed by atoms with Gasteiger partial charge in [-0.3, -0.25) is 4.79 Å². The fourth-order valence-corrected chi connectivity index (χ4v) is 2.30. The van der Waals surface area contributed by atoms with Crippen molar-refractivity contribution in [3.63, 3.8) is 0 Å². The molecule has 0 radical (unpaired) electrons. The molecule has 6 nitrogen and oxygen atoms in total. The third kappa shape index (κ3) is 4.22. The first-order valence-corrected chi connectivity index (χ1v) is 7.13. The van der Waals surface area contributed by atoms with Gasteiger partial charge in [0.15, 0.2) is 0 Å². The van der Waals surface area contributed by atoms with Crippen LogP contribution in [0.4, 0.5) is 5.69 Å². The van der Waals surface area contributed by atoms with Gasteiger partial charge in [-0.05, 0) is 17.7 Å². The SMILES string of the molecule is CCC(=O)NC(c1ccc(N)cc1)C(CO)[SH](=O)=O. The van der Waals surface area contributed by atoms with Crippen molar-refractivity contribution >= 4 is 22.3 Å². The third-order valence-corrected chi connectivity index (χ3v) is 3.78. The highest BCUT2D eigenvalue weighted by atomic mass is 32.2. The number of anilines is 1. The van der Waals surface area contributed by atoms with Gasteiger partial charge >= 0.3 is 0 Å². The summed E-state index contributed by atoms with van der Waals surface area (Å²) in [4.78, 5) is 11.5. The maximum atomic E-state index is 11.5. The van der Waals surface area contributed by atoms with Crippen LogP contribution in [0, 0.1) is 0 Å². The summed E-state index contributed by atoms with van der Waals surface area (Å²) in [7, 11) is -2.87. The molecule has 0 heterocycles. The molecule has 2 unspecified atom stereocenters. The summed E-state index contributed by atoms with van der Waals surface area (Å²) in [6.07, 6.45) is 0.235. The van der Waals surface area contributed by atoms with Gasteiger partial charge in [0, 0.05) is 12.1 Å². The maximum absolute atomic E-state index is 11.5. The molecule has 0 saturated carbocycles. The van der Waals surface area contributed by atoms with Crippen molar-refractivity contribution in [1.29, 1.82) is 0 Å². The number of nitrogens with one attached hydrogen (secondary N) is 1. The van der Waals surface area contributed by atoms with Gasteiger partial charge in [0.2, 0.25) is 5.91 Å². The molecule has 7 heteroatoms. The number of aliphatic hydroxyl groups excluding tert-OH is 1. The number of aliphatic hydroxyl groups is 1. The first-order valence-electron chi connectivity index (χ1n) is 5.88. The Bertz CT molecular complexity index is 491. The standard InChI is InChI=1S/C12H18N2O4S/c1-2-11(16)14-12(10(7-15)19(17)18)8-3-5-9(13)6-4-8/h3-6,10,12,15,19H,2,7,13H2,1H3,(H,14,16). The highest BCUT2D eigenvalue weighted by Gasteiger charge is 2.26. The van der Waals surface area contributed by atoms with Crippen molar-refractivity contribution in [2.45, 2.75) is 24.6 Å². The lowest BCUT2D eigenvalue weighted by atomic mass is 10.0. The van der Waals surface area contributed by atoms with Crippen LogP contribution in [0.15, 0.2) is 24.3 Å². The van der Waals surface area contributed by atoms with Crippen molar-refractivity contribution in [1.82, 2.24) is 5.32 Å². The van der Waals surface area contributed by atoms with Gasteiger partial charge in [-0.2, -0.15) is 0 Å². The Morgan fingerprint density at radius 1 is 1.37 bits per heavy atom. The molecule has 19 heavy (non-hydrogen) atoms. The second kappa shape index (κ2) is 7.10. The molecule has 0 aliphatic rings. The summed E-state index contributed by atoms with van der Waals surface area (Å²) >= 11 is 0. The van der Waals surface area contributed by atoms with Gasteiger partial charge in [0.25, 0.3) is 0 Å². The predicted molar refractivity (Wildman–Crippen MR) is 73.2 cm³/mol. The van der Waals surface area contributed by atoms with Crippen molar-refractivity contribution < 1.29 is 18.3 Å². The summed E-state index contributed by atoms with van der Waals surface area (Å²) in [6, 6.07) is 5.73. The molecule has 1 aromatic rings. The fourth-order valence-electron chi connectivity index (χ4n) is 1.67. The van der Waals surface area contributed by atoms with Gasteiger partial charge in [-0.15, -0.1) is 0 Å². The van der Waals surface area contributed by atoms with Crippen LogP contribution in [0.1, 0.15) is 24.9 Å². The van der Waals surface area contributed by atoms with Crippen molar-refractivity contribution in [2.75, 3.05) is 12.3 Å². The highest BCUT2D eigenvalue weighted by Crippen LogP contribution is 2.20. The maximum Gasteiger partial charge on any atom is 0.220 e. The van der Waals surface area contributed by atoms with E-state index in [2.05, 4.69) is 5.32 Å². The Kier molecular flexibility index (Phi) is 5.78. The number of hydrogen-bond donors (Lipinski definition) is 4. The normalized spacial score (nSPS) is 14.1. The number of carbonyl (C=O) groups excluding carboxylic acids is 1. The minimum absolute atomic E-state index is 0.235. The Hall–Kier alpha value is -1.60. The molecule has 2 atom stereocenters. The quantitative estimate of drug-likeness (QED) is 0.428. The average molecular weight is 286 g/mol. The lowest BCUT2D eigenvalue weighted by Crippen LogP contribution is -2.38. The molecule has 0 aromatic heterocycles. The largest absolute Gasteiger partial charge is 0.399 e. The van der Waals surface area contributed by atoms with E-state index < -0.39 is 28.6 Å². The lowest BCUT2D eigenvalue weighted by Gasteiger charge is -2.23. The zero-order valence-corrected chi connectivity index (χ0v) is 11.5. The molecular formula is C12H18N2O4S. The molecule has 0 saturated heterocycles. The molecule has 1 aromatic carbocycles. The van der Waals surface area contributed by atoms with Crippen LogP contribution in [-0.2, 0) is 15.5 Å². The van der Waals surface area contributed by atoms with Crippen LogP contribution < -0.4 is 11.1 Å². The number of nitrogens with two attached hydrogens (primary N) is 1. The van der Waals surface area contributed by atoms with Crippen LogP contribution >= 0.6 is 0 Å². The van der Waals surface area contributed by atoms with Crippen molar-refractivity contribution in [3.8, 4) is 0 Å². The number of hydrogen-bond acceptors (Lipinski definition) is 5. The molecule has 0 fully saturated rings.